The van der Waals surface area contributed by atoms with E-state index in [0.29, 0.717) is 12.3 Å². The van der Waals surface area contributed by atoms with E-state index in [1.165, 1.54) is 6.33 Å². The van der Waals surface area contributed by atoms with Crippen molar-refractivity contribution in [3.8, 4) is 0 Å². The quantitative estimate of drug-likeness (QED) is 0.862. The van der Waals surface area contributed by atoms with Crippen LogP contribution in [0.1, 0.15) is 31.4 Å². The van der Waals surface area contributed by atoms with E-state index < -0.39 is 0 Å². The van der Waals surface area contributed by atoms with E-state index in [-0.39, 0.29) is 11.9 Å². The van der Waals surface area contributed by atoms with E-state index in [0.717, 1.165) is 31.5 Å². The van der Waals surface area contributed by atoms with E-state index in [2.05, 4.69) is 22.4 Å². The molecule has 6 nitrogen and oxygen atoms in total. The Morgan fingerprint density at radius 1 is 1.27 bits per heavy atom. The zero-order valence-corrected chi connectivity index (χ0v) is 12.8. The van der Waals surface area contributed by atoms with Crippen LogP contribution >= 0.6 is 0 Å². The fourth-order valence-corrected chi connectivity index (χ4v) is 2.88. The Balaban J connectivity index is 1.78. The summed E-state index contributed by atoms with van der Waals surface area (Å²) in [6.07, 6.45) is 4.27. The molecule has 1 saturated heterocycles. The molecule has 2 aromatic rings. The number of tetrazole rings is 1. The van der Waals surface area contributed by atoms with E-state index in [9.17, 15) is 4.79 Å². The van der Waals surface area contributed by atoms with Crippen molar-refractivity contribution < 1.29 is 4.79 Å². The lowest BCUT2D eigenvalue weighted by molar-refractivity contribution is -0.136. The zero-order chi connectivity index (χ0) is 15.4. The van der Waals surface area contributed by atoms with Crippen LogP contribution in [-0.4, -0.2) is 44.1 Å². The smallest absolute Gasteiger partial charge is 0.247 e. The predicted molar refractivity (Wildman–Crippen MR) is 82.0 cm³/mol. The number of piperidine rings is 1. The molecule has 1 fully saturated rings. The number of carbonyl (C=O) groups is 1. The van der Waals surface area contributed by atoms with Gasteiger partial charge in [0, 0.05) is 19.5 Å². The number of likely N-dealkylation sites (tertiary alicyclic amines) is 1. The second-order valence-electron chi connectivity index (χ2n) is 6.00. The minimum atomic E-state index is -0.370. The molecule has 0 saturated carbocycles. The fraction of sp³-hybridized carbons (Fsp3) is 0.500. The standard InChI is InChI=1S/C16H21N5O/c1-13-7-9-20(10-8-13)16(22)15(21-12-17-18-19-21)11-14-5-3-2-4-6-14/h2-6,12-13,15H,7-11H2,1H3/t15-/m1/s1. The van der Waals surface area contributed by atoms with Crippen LogP contribution in [0.4, 0.5) is 0 Å². The molecule has 0 aliphatic carbocycles. The van der Waals surface area contributed by atoms with Crippen molar-refractivity contribution in [3.05, 3.63) is 42.2 Å². The maximum Gasteiger partial charge on any atom is 0.247 e. The maximum absolute atomic E-state index is 12.9. The van der Waals surface area contributed by atoms with Crippen LogP contribution in [0.2, 0.25) is 0 Å². The SMILES string of the molecule is CC1CCN(C(=O)[C@@H](Cc2ccccc2)n2cnnn2)CC1. The normalized spacial score (nSPS) is 17.4. The van der Waals surface area contributed by atoms with Gasteiger partial charge in [-0.3, -0.25) is 4.79 Å². The van der Waals surface area contributed by atoms with Gasteiger partial charge in [-0.05, 0) is 34.7 Å². The van der Waals surface area contributed by atoms with Gasteiger partial charge in [0.05, 0.1) is 0 Å². The summed E-state index contributed by atoms with van der Waals surface area (Å²) in [6, 6.07) is 9.64. The van der Waals surface area contributed by atoms with Crippen LogP contribution in [0.15, 0.2) is 36.7 Å². The van der Waals surface area contributed by atoms with Gasteiger partial charge in [-0.25, -0.2) is 4.68 Å². The summed E-state index contributed by atoms with van der Waals surface area (Å²) in [5, 5.41) is 11.3. The average molecular weight is 299 g/mol. The van der Waals surface area contributed by atoms with Crippen LogP contribution < -0.4 is 0 Å². The summed E-state index contributed by atoms with van der Waals surface area (Å²) in [4.78, 5) is 14.9. The molecular formula is C16H21N5O. The van der Waals surface area contributed by atoms with Crippen molar-refractivity contribution in [2.24, 2.45) is 5.92 Å². The van der Waals surface area contributed by atoms with Crippen LogP contribution in [-0.2, 0) is 11.2 Å². The van der Waals surface area contributed by atoms with Crippen molar-refractivity contribution in [3.63, 3.8) is 0 Å². The molecule has 0 bridgehead atoms. The molecule has 1 atom stereocenters. The van der Waals surface area contributed by atoms with Gasteiger partial charge in [0.1, 0.15) is 12.4 Å². The molecule has 0 unspecified atom stereocenters. The fourth-order valence-electron chi connectivity index (χ4n) is 2.88. The van der Waals surface area contributed by atoms with Crippen LogP contribution in [0.25, 0.3) is 0 Å². The lowest BCUT2D eigenvalue weighted by Gasteiger charge is -2.32. The lowest BCUT2D eigenvalue weighted by atomic mass is 9.97. The Labute approximate surface area is 130 Å². The van der Waals surface area contributed by atoms with Gasteiger partial charge in [-0.15, -0.1) is 5.10 Å². The van der Waals surface area contributed by atoms with Gasteiger partial charge in [0.2, 0.25) is 5.91 Å². The molecule has 1 aliphatic heterocycles. The second kappa shape index (κ2) is 6.68. The van der Waals surface area contributed by atoms with Crippen molar-refractivity contribution in [1.29, 1.82) is 0 Å². The van der Waals surface area contributed by atoms with E-state index in [1.54, 1.807) is 4.68 Å². The predicted octanol–water partition coefficient (Wildman–Crippen LogP) is 1.72. The van der Waals surface area contributed by atoms with Gasteiger partial charge in [-0.1, -0.05) is 37.3 Å². The van der Waals surface area contributed by atoms with Crippen molar-refractivity contribution in [2.45, 2.75) is 32.2 Å². The summed E-state index contributed by atoms with van der Waals surface area (Å²) in [5.74, 6) is 0.813. The Morgan fingerprint density at radius 3 is 2.64 bits per heavy atom. The molecule has 6 heteroatoms. The number of aromatic nitrogens is 4. The average Bonchev–Trinajstić information content (AvgIpc) is 3.08. The lowest BCUT2D eigenvalue weighted by Crippen LogP contribution is -2.42. The first-order valence-corrected chi connectivity index (χ1v) is 7.79. The van der Waals surface area contributed by atoms with Crippen molar-refractivity contribution in [2.75, 3.05) is 13.1 Å². The molecule has 2 heterocycles. The molecule has 1 aliphatic rings. The third-order valence-corrected chi connectivity index (χ3v) is 4.34. The minimum absolute atomic E-state index is 0.114. The second-order valence-corrected chi connectivity index (χ2v) is 6.00. The highest BCUT2D eigenvalue weighted by molar-refractivity contribution is 5.80. The summed E-state index contributed by atoms with van der Waals surface area (Å²) >= 11 is 0. The first-order valence-electron chi connectivity index (χ1n) is 7.79. The number of nitrogens with zero attached hydrogens (tertiary/aromatic N) is 5. The number of hydrogen-bond acceptors (Lipinski definition) is 4. The van der Waals surface area contributed by atoms with Gasteiger partial charge in [0.15, 0.2) is 0 Å². The third kappa shape index (κ3) is 3.32. The number of amides is 1. The van der Waals surface area contributed by atoms with Gasteiger partial charge < -0.3 is 4.90 Å². The molecule has 22 heavy (non-hydrogen) atoms. The Bertz CT molecular complexity index is 590. The highest BCUT2D eigenvalue weighted by atomic mass is 16.2. The summed E-state index contributed by atoms with van der Waals surface area (Å²) < 4.78 is 1.58. The van der Waals surface area contributed by atoms with E-state index >= 15 is 0 Å². The van der Waals surface area contributed by atoms with Gasteiger partial charge in [0.25, 0.3) is 0 Å². The van der Waals surface area contributed by atoms with Gasteiger partial charge >= 0.3 is 0 Å². The minimum Gasteiger partial charge on any atom is -0.341 e. The zero-order valence-electron chi connectivity index (χ0n) is 12.8. The maximum atomic E-state index is 12.9. The number of hydrogen-bond donors (Lipinski definition) is 0. The summed E-state index contributed by atoms with van der Waals surface area (Å²) in [7, 11) is 0. The molecule has 1 aromatic carbocycles. The van der Waals surface area contributed by atoms with Gasteiger partial charge in [-0.2, -0.15) is 0 Å². The Kier molecular flexibility index (Phi) is 4.46. The van der Waals surface area contributed by atoms with Crippen LogP contribution in [0, 0.1) is 5.92 Å². The number of rotatable bonds is 4. The summed E-state index contributed by atoms with van der Waals surface area (Å²) in [5.41, 5.74) is 1.11. The number of benzene rings is 1. The molecule has 1 aromatic heterocycles. The molecule has 1 amide bonds. The number of carbonyl (C=O) groups excluding carboxylic acids is 1. The molecule has 3 rings (SSSR count). The van der Waals surface area contributed by atoms with Crippen molar-refractivity contribution in [1.82, 2.24) is 25.1 Å². The molecular weight excluding hydrogens is 278 g/mol. The molecule has 0 N–H and O–H groups in total. The summed E-state index contributed by atoms with van der Waals surface area (Å²) in [6.45, 7) is 3.89. The highest BCUT2D eigenvalue weighted by Gasteiger charge is 2.29. The van der Waals surface area contributed by atoms with Crippen LogP contribution in [0.5, 0.6) is 0 Å². The van der Waals surface area contributed by atoms with Crippen LogP contribution in [0.3, 0.4) is 0 Å². The first-order chi connectivity index (χ1) is 10.7. The molecule has 0 radical (unpaired) electrons. The van der Waals surface area contributed by atoms with E-state index in [4.69, 9.17) is 0 Å². The largest absolute Gasteiger partial charge is 0.341 e. The Hall–Kier alpha value is -2.24. The van der Waals surface area contributed by atoms with Crippen molar-refractivity contribution >= 4 is 5.91 Å². The molecule has 0 spiro atoms. The Morgan fingerprint density at radius 2 is 2.00 bits per heavy atom. The first kappa shape index (κ1) is 14.7. The molecule has 116 valence electrons. The third-order valence-electron chi connectivity index (χ3n) is 4.34. The monoisotopic (exact) mass is 299 g/mol. The highest BCUT2D eigenvalue weighted by Crippen LogP contribution is 2.21. The van der Waals surface area contributed by atoms with E-state index in [1.807, 2.05) is 35.2 Å². The topological polar surface area (TPSA) is 63.9 Å².